The van der Waals surface area contributed by atoms with Gasteiger partial charge in [-0.05, 0) is 32.0 Å². The van der Waals surface area contributed by atoms with Gasteiger partial charge in [-0.2, -0.15) is 0 Å². The topological polar surface area (TPSA) is 54.1 Å². The number of hydrogen-bond acceptors (Lipinski definition) is 2. The first-order chi connectivity index (χ1) is 8.15. The molecular weight excluding hydrogens is 216 g/mol. The Hall–Kier alpha value is -2.23. The van der Waals surface area contributed by atoms with Crippen LogP contribution in [0.25, 0.3) is 0 Å². The van der Waals surface area contributed by atoms with Crippen LogP contribution in [0, 0.1) is 13.8 Å². The predicted octanol–water partition coefficient (Wildman–Crippen LogP) is 3.24. The molecule has 1 aromatic carbocycles. The molecule has 0 fully saturated rings. The molecule has 2 N–H and O–H groups in total. The SMILES string of the molecule is Cc1cc(NC(=O)Oc2ccccc2)c(C)[nH]1. The van der Waals surface area contributed by atoms with Crippen molar-refractivity contribution in [1.82, 2.24) is 4.98 Å². The Morgan fingerprint density at radius 3 is 2.53 bits per heavy atom. The Kier molecular flexibility index (Phi) is 3.14. The molecule has 0 saturated heterocycles. The average molecular weight is 230 g/mol. The molecule has 4 nitrogen and oxygen atoms in total. The minimum Gasteiger partial charge on any atom is -0.410 e. The zero-order valence-corrected chi connectivity index (χ0v) is 9.78. The predicted molar refractivity (Wildman–Crippen MR) is 66.4 cm³/mol. The minimum atomic E-state index is -0.488. The number of aromatic amines is 1. The zero-order valence-electron chi connectivity index (χ0n) is 9.78. The molecule has 0 aliphatic carbocycles. The summed E-state index contributed by atoms with van der Waals surface area (Å²) in [5.41, 5.74) is 2.65. The van der Waals surface area contributed by atoms with E-state index in [9.17, 15) is 4.79 Å². The number of ether oxygens (including phenoxy) is 1. The summed E-state index contributed by atoms with van der Waals surface area (Å²) in [4.78, 5) is 14.7. The third-order valence-corrected chi connectivity index (χ3v) is 2.34. The first-order valence-corrected chi connectivity index (χ1v) is 5.35. The molecule has 0 radical (unpaired) electrons. The van der Waals surface area contributed by atoms with Crippen LogP contribution in [0.3, 0.4) is 0 Å². The second-order valence-corrected chi connectivity index (χ2v) is 3.82. The molecule has 1 heterocycles. The number of anilines is 1. The summed E-state index contributed by atoms with van der Waals surface area (Å²) in [6.07, 6.45) is -0.488. The van der Waals surface area contributed by atoms with Crippen LogP contribution in [0.15, 0.2) is 36.4 Å². The van der Waals surface area contributed by atoms with Gasteiger partial charge in [-0.15, -0.1) is 0 Å². The number of carbonyl (C=O) groups excluding carboxylic acids is 1. The number of rotatable bonds is 2. The largest absolute Gasteiger partial charge is 0.417 e. The lowest BCUT2D eigenvalue weighted by Gasteiger charge is -2.05. The number of H-pyrrole nitrogens is 1. The van der Waals surface area contributed by atoms with E-state index >= 15 is 0 Å². The monoisotopic (exact) mass is 230 g/mol. The normalized spacial score (nSPS) is 10.0. The summed E-state index contributed by atoms with van der Waals surface area (Å²) in [5, 5.41) is 2.69. The van der Waals surface area contributed by atoms with Gasteiger partial charge in [-0.3, -0.25) is 5.32 Å². The molecule has 0 bridgehead atoms. The van der Waals surface area contributed by atoms with Crippen LogP contribution in [0.1, 0.15) is 11.4 Å². The molecule has 0 saturated carbocycles. The van der Waals surface area contributed by atoms with Crippen LogP contribution in [0.5, 0.6) is 5.75 Å². The van der Waals surface area contributed by atoms with E-state index in [1.807, 2.05) is 38.1 Å². The van der Waals surface area contributed by atoms with Gasteiger partial charge >= 0.3 is 6.09 Å². The second-order valence-electron chi connectivity index (χ2n) is 3.82. The van der Waals surface area contributed by atoms with Crippen molar-refractivity contribution in [2.75, 3.05) is 5.32 Å². The van der Waals surface area contributed by atoms with Gasteiger partial charge in [0, 0.05) is 11.4 Å². The fourth-order valence-corrected chi connectivity index (χ4v) is 1.58. The Labute approximate surface area is 99.6 Å². The van der Waals surface area contributed by atoms with Gasteiger partial charge in [0.15, 0.2) is 0 Å². The first-order valence-electron chi connectivity index (χ1n) is 5.35. The summed E-state index contributed by atoms with van der Waals surface area (Å²) in [6, 6.07) is 10.8. The maximum absolute atomic E-state index is 11.6. The third-order valence-electron chi connectivity index (χ3n) is 2.34. The molecule has 0 spiro atoms. The lowest BCUT2D eigenvalue weighted by atomic mass is 10.3. The molecule has 88 valence electrons. The Morgan fingerprint density at radius 1 is 1.24 bits per heavy atom. The number of aromatic nitrogens is 1. The Morgan fingerprint density at radius 2 is 1.94 bits per heavy atom. The van der Waals surface area contributed by atoms with Crippen LogP contribution in [-0.4, -0.2) is 11.1 Å². The van der Waals surface area contributed by atoms with Crippen molar-refractivity contribution in [3.63, 3.8) is 0 Å². The zero-order chi connectivity index (χ0) is 12.3. The van der Waals surface area contributed by atoms with E-state index in [2.05, 4.69) is 10.3 Å². The van der Waals surface area contributed by atoms with E-state index in [1.165, 1.54) is 0 Å². The fourth-order valence-electron chi connectivity index (χ4n) is 1.58. The van der Waals surface area contributed by atoms with Crippen molar-refractivity contribution in [2.24, 2.45) is 0 Å². The number of nitrogens with one attached hydrogen (secondary N) is 2. The maximum atomic E-state index is 11.6. The lowest BCUT2D eigenvalue weighted by Crippen LogP contribution is -2.16. The Bertz CT molecular complexity index is 517. The van der Waals surface area contributed by atoms with Crippen LogP contribution in [0.4, 0.5) is 10.5 Å². The summed E-state index contributed by atoms with van der Waals surface area (Å²) in [7, 11) is 0. The molecule has 2 aromatic rings. The summed E-state index contributed by atoms with van der Waals surface area (Å²) < 4.78 is 5.12. The van der Waals surface area contributed by atoms with E-state index in [-0.39, 0.29) is 0 Å². The lowest BCUT2D eigenvalue weighted by molar-refractivity contribution is 0.215. The number of para-hydroxylation sites is 1. The molecule has 0 aliphatic rings. The van der Waals surface area contributed by atoms with Crippen LogP contribution >= 0.6 is 0 Å². The van der Waals surface area contributed by atoms with E-state index in [1.54, 1.807) is 12.1 Å². The van der Waals surface area contributed by atoms with Crippen LogP contribution in [0.2, 0.25) is 0 Å². The van der Waals surface area contributed by atoms with Gasteiger partial charge in [0.05, 0.1) is 5.69 Å². The summed E-state index contributed by atoms with van der Waals surface area (Å²) >= 11 is 0. The molecule has 0 aliphatic heterocycles. The van der Waals surface area contributed by atoms with Crippen molar-refractivity contribution >= 4 is 11.8 Å². The molecule has 0 unspecified atom stereocenters. The van der Waals surface area contributed by atoms with E-state index in [4.69, 9.17) is 4.74 Å². The number of aryl methyl sites for hydroxylation is 2. The standard InChI is InChI=1S/C13H14N2O2/c1-9-8-12(10(2)14-9)15-13(16)17-11-6-4-3-5-7-11/h3-8,14H,1-2H3,(H,15,16). The molecule has 0 atom stereocenters. The van der Waals surface area contributed by atoms with Gasteiger partial charge in [-0.25, -0.2) is 4.79 Å². The molecule has 1 amide bonds. The first kappa shape index (κ1) is 11.3. The minimum absolute atomic E-state index is 0.488. The smallest absolute Gasteiger partial charge is 0.410 e. The highest BCUT2D eigenvalue weighted by Crippen LogP contribution is 2.16. The highest BCUT2D eigenvalue weighted by atomic mass is 16.6. The van der Waals surface area contributed by atoms with Gasteiger partial charge < -0.3 is 9.72 Å². The maximum Gasteiger partial charge on any atom is 0.417 e. The van der Waals surface area contributed by atoms with Gasteiger partial charge in [-0.1, -0.05) is 18.2 Å². The van der Waals surface area contributed by atoms with Gasteiger partial charge in [0.25, 0.3) is 0 Å². The highest BCUT2D eigenvalue weighted by molar-refractivity contribution is 5.87. The number of hydrogen-bond donors (Lipinski definition) is 2. The van der Waals surface area contributed by atoms with Crippen molar-refractivity contribution in [3.8, 4) is 5.75 Å². The van der Waals surface area contributed by atoms with Crippen LogP contribution in [-0.2, 0) is 0 Å². The van der Waals surface area contributed by atoms with E-state index in [0.29, 0.717) is 5.75 Å². The fraction of sp³-hybridized carbons (Fsp3) is 0.154. The molecular formula is C13H14N2O2. The summed E-state index contributed by atoms with van der Waals surface area (Å²) in [6.45, 7) is 3.83. The third kappa shape index (κ3) is 2.87. The van der Waals surface area contributed by atoms with Gasteiger partial charge in [0.1, 0.15) is 5.75 Å². The van der Waals surface area contributed by atoms with E-state index < -0.39 is 6.09 Å². The average Bonchev–Trinajstić information content (AvgIpc) is 2.58. The number of carbonyl (C=O) groups is 1. The molecule has 4 heteroatoms. The van der Waals surface area contributed by atoms with Crippen molar-refractivity contribution in [1.29, 1.82) is 0 Å². The van der Waals surface area contributed by atoms with Gasteiger partial charge in [0.2, 0.25) is 0 Å². The summed E-state index contributed by atoms with van der Waals surface area (Å²) in [5.74, 6) is 0.523. The highest BCUT2D eigenvalue weighted by Gasteiger charge is 2.08. The molecule has 2 rings (SSSR count). The van der Waals surface area contributed by atoms with E-state index in [0.717, 1.165) is 17.1 Å². The number of benzene rings is 1. The molecule has 17 heavy (non-hydrogen) atoms. The Balaban J connectivity index is 2.01. The molecule has 1 aromatic heterocycles. The van der Waals surface area contributed by atoms with Crippen LogP contribution < -0.4 is 10.1 Å². The quantitative estimate of drug-likeness (QED) is 0.832. The van der Waals surface area contributed by atoms with Crippen molar-refractivity contribution in [3.05, 3.63) is 47.8 Å². The number of amides is 1. The van der Waals surface area contributed by atoms with Crippen molar-refractivity contribution in [2.45, 2.75) is 13.8 Å². The second kappa shape index (κ2) is 4.74. The van der Waals surface area contributed by atoms with Crippen molar-refractivity contribution < 1.29 is 9.53 Å².